The number of fused-ring (bicyclic) bond motifs is 1. The van der Waals surface area contributed by atoms with Crippen LogP contribution in [0.4, 0.5) is 5.82 Å². The molecule has 5 nitrogen and oxygen atoms in total. The third kappa shape index (κ3) is 2.18. The molecule has 2 rings (SSSR count). The van der Waals surface area contributed by atoms with Crippen LogP contribution in [-0.2, 0) is 4.79 Å². The first-order valence-electron chi connectivity index (χ1n) is 5.28. The van der Waals surface area contributed by atoms with Crippen molar-refractivity contribution in [3.63, 3.8) is 0 Å². The van der Waals surface area contributed by atoms with Gasteiger partial charge in [0.25, 0.3) is 0 Å². The smallest absolute Gasteiger partial charge is 0.242 e. The molecule has 0 fully saturated rings. The lowest BCUT2D eigenvalue weighted by Crippen LogP contribution is -2.45. The zero-order valence-electron chi connectivity index (χ0n) is 9.77. The standard InChI is InChI=1S/C12H14N4O/c1-12(2,11(13)17)16-10-8-5-3-4-6-9(8)14-7-15-10/h3-7H,1-2H3,(H2,13,17)(H,14,15,16). The number of primary amides is 1. The van der Waals surface area contributed by atoms with Crippen LogP contribution in [-0.4, -0.2) is 21.4 Å². The summed E-state index contributed by atoms with van der Waals surface area (Å²) >= 11 is 0. The quantitative estimate of drug-likeness (QED) is 0.832. The molecule has 0 saturated heterocycles. The maximum absolute atomic E-state index is 11.3. The normalized spacial score (nSPS) is 11.4. The molecule has 1 amide bonds. The van der Waals surface area contributed by atoms with Gasteiger partial charge < -0.3 is 11.1 Å². The maximum atomic E-state index is 11.3. The molecule has 0 aliphatic rings. The van der Waals surface area contributed by atoms with Crippen molar-refractivity contribution in [2.75, 3.05) is 5.32 Å². The Balaban J connectivity index is 2.46. The van der Waals surface area contributed by atoms with Crippen LogP contribution in [0.5, 0.6) is 0 Å². The molecular weight excluding hydrogens is 216 g/mol. The van der Waals surface area contributed by atoms with Gasteiger partial charge in [0, 0.05) is 5.39 Å². The van der Waals surface area contributed by atoms with Crippen LogP contribution in [0.2, 0.25) is 0 Å². The van der Waals surface area contributed by atoms with Gasteiger partial charge in [-0.15, -0.1) is 0 Å². The number of rotatable bonds is 3. The predicted octanol–water partition coefficient (Wildman–Crippen LogP) is 1.31. The summed E-state index contributed by atoms with van der Waals surface area (Å²) in [6.45, 7) is 3.43. The van der Waals surface area contributed by atoms with E-state index in [2.05, 4.69) is 15.3 Å². The largest absolute Gasteiger partial charge is 0.368 e. The van der Waals surface area contributed by atoms with Crippen molar-refractivity contribution in [3.05, 3.63) is 30.6 Å². The van der Waals surface area contributed by atoms with E-state index >= 15 is 0 Å². The van der Waals surface area contributed by atoms with Gasteiger partial charge in [0.2, 0.25) is 5.91 Å². The summed E-state index contributed by atoms with van der Waals surface area (Å²) in [5.41, 5.74) is 5.29. The molecule has 17 heavy (non-hydrogen) atoms. The molecule has 3 N–H and O–H groups in total. The van der Waals surface area contributed by atoms with Crippen molar-refractivity contribution in [2.24, 2.45) is 5.73 Å². The number of carbonyl (C=O) groups excluding carboxylic acids is 1. The van der Waals surface area contributed by atoms with Crippen LogP contribution < -0.4 is 11.1 Å². The summed E-state index contributed by atoms with van der Waals surface area (Å²) in [5, 5.41) is 3.90. The molecule has 0 spiro atoms. The number of anilines is 1. The van der Waals surface area contributed by atoms with Crippen molar-refractivity contribution < 1.29 is 4.79 Å². The second-order valence-corrected chi connectivity index (χ2v) is 4.35. The van der Waals surface area contributed by atoms with Crippen LogP contribution >= 0.6 is 0 Å². The average Bonchev–Trinajstić information content (AvgIpc) is 2.29. The Hall–Kier alpha value is -2.17. The zero-order chi connectivity index (χ0) is 12.5. The number of carbonyl (C=O) groups is 1. The van der Waals surface area contributed by atoms with Crippen molar-refractivity contribution in [2.45, 2.75) is 19.4 Å². The van der Waals surface area contributed by atoms with Gasteiger partial charge >= 0.3 is 0 Å². The molecular formula is C12H14N4O. The summed E-state index contributed by atoms with van der Waals surface area (Å²) in [6.07, 6.45) is 1.46. The summed E-state index contributed by atoms with van der Waals surface area (Å²) in [6, 6.07) is 7.58. The first-order valence-corrected chi connectivity index (χ1v) is 5.28. The van der Waals surface area contributed by atoms with Gasteiger partial charge in [-0.1, -0.05) is 12.1 Å². The summed E-state index contributed by atoms with van der Waals surface area (Å²) in [7, 11) is 0. The fourth-order valence-corrected chi connectivity index (χ4v) is 1.46. The minimum absolute atomic E-state index is 0.430. The Morgan fingerprint density at radius 3 is 2.71 bits per heavy atom. The van der Waals surface area contributed by atoms with Gasteiger partial charge in [-0.05, 0) is 26.0 Å². The monoisotopic (exact) mass is 230 g/mol. The van der Waals surface area contributed by atoms with Gasteiger partial charge in [0.15, 0.2) is 0 Å². The first-order chi connectivity index (χ1) is 8.00. The highest BCUT2D eigenvalue weighted by atomic mass is 16.1. The lowest BCUT2D eigenvalue weighted by molar-refractivity contribution is -0.121. The van der Waals surface area contributed by atoms with E-state index in [1.807, 2.05) is 24.3 Å². The Kier molecular flexibility index (Phi) is 2.67. The number of nitrogens with two attached hydrogens (primary N) is 1. The van der Waals surface area contributed by atoms with E-state index < -0.39 is 11.4 Å². The van der Waals surface area contributed by atoms with Crippen molar-refractivity contribution >= 4 is 22.6 Å². The average molecular weight is 230 g/mol. The fraction of sp³-hybridized carbons (Fsp3) is 0.250. The number of hydrogen-bond donors (Lipinski definition) is 2. The Labute approximate surface area is 99.1 Å². The minimum atomic E-state index is -0.850. The third-order valence-corrected chi connectivity index (χ3v) is 2.59. The molecule has 0 aliphatic carbocycles. The highest BCUT2D eigenvalue weighted by Gasteiger charge is 2.25. The number of aromatic nitrogens is 2. The number of amides is 1. The van der Waals surface area contributed by atoms with E-state index in [9.17, 15) is 4.79 Å². The summed E-state index contributed by atoms with van der Waals surface area (Å²) in [5.74, 6) is 0.180. The second-order valence-electron chi connectivity index (χ2n) is 4.35. The van der Waals surface area contributed by atoms with Gasteiger partial charge in [0.05, 0.1) is 5.52 Å². The molecule has 5 heteroatoms. The number of nitrogens with zero attached hydrogens (tertiary/aromatic N) is 2. The molecule has 0 radical (unpaired) electrons. The third-order valence-electron chi connectivity index (χ3n) is 2.59. The lowest BCUT2D eigenvalue weighted by Gasteiger charge is -2.23. The van der Waals surface area contributed by atoms with E-state index in [0.29, 0.717) is 5.82 Å². The van der Waals surface area contributed by atoms with Crippen molar-refractivity contribution in [1.29, 1.82) is 0 Å². The first kappa shape index (κ1) is 11.3. The molecule has 0 bridgehead atoms. The van der Waals surface area contributed by atoms with Crippen LogP contribution in [0.25, 0.3) is 10.9 Å². The molecule has 0 saturated carbocycles. The van der Waals surface area contributed by atoms with Gasteiger partial charge in [0.1, 0.15) is 17.7 Å². The van der Waals surface area contributed by atoms with E-state index in [0.717, 1.165) is 10.9 Å². The Morgan fingerprint density at radius 1 is 1.29 bits per heavy atom. The lowest BCUT2D eigenvalue weighted by atomic mass is 10.0. The zero-order valence-corrected chi connectivity index (χ0v) is 9.77. The molecule has 88 valence electrons. The highest BCUT2D eigenvalue weighted by molar-refractivity contribution is 5.93. The number of hydrogen-bond acceptors (Lipinski definition) is 4. The molecule has 0 aliphatic heterocycles. The molecule has 1 aromatic heterocycles. The summed E-state index contributed by atoms with van der Waals surface area (Å²) in [4.78, 5) is 19.6. The molecule has 1 heterocycles. The number of benzene rings is 1. The van der Waals surface area contributed by atoms with Crippen LogP contribution in [0.1, 0.15) is 13.8 Å². The van der Waals surface area contributed by atoms with Gasteiger partial charge in [-0.3, -0.25) is 4.79 Å². The van der Waals surface area contributed by atoms with E-state index in [-0.39, 0.29) is 0 Å². The molecule has 1 aromatic carbocycles. The molecule has 2 aromatic rings. The van der Waals surface area contributed by atoms with E-state index in [1.165, 1.54) is 6.33 Å². The van der Waals surface area contributed by atoms with E-state index in [4.69, 9.17) is 5.73 Å². The highest BCUT2D eigenvalue weighted by Crippen LogP contribution is 2.21. The van der Waals surface area contributed by atoms with Crippen molar-refractivity contribution in [3.8, 4) is 0 Å². The SMILES string of the molecule is CC(C)(Nc1ncnc2ccccc12)C(N)=O. The van der Waals surface area contributed by atoms with Gasteiger partial charge in [-0.2, -0.15) is 0 Å². The van der Waals surface area contributed by atoms with Crippen LogP contribution in [0.3, 0.4) is 0 Å². The number of nitrogens with one attached hydrogen (secondary N) is 1. The van der Waals surface area contributed by atoms with Crippen LogP contribution in [0.15, 0.2) is 30.6 Å². The topological polar surface area (TPSA) is 80.9 Å². The Morgan fingerprint density at radius 2 is 2.00 bits per heavy atom. The maximum Gasteiger partial charge on any atom is 0.242 e. The minimum Gasteiger partial charge on any atom is -0.368 e. The number of para-hydroxylation sites is 1. The van der Waals surface area contributed by atoms with Crippen LogP contribution in [0, 0.1) is 0 Å². The molecule has 0 atom stereocenters. The Bertz CT molecular complexity index is 560. The second kappa shape index (κ2) is 4.01. The van der Waals surface area contributed by atoms with Crippen molar-refractivity contribution in [1.82, 2.24) is 9.97 Å². The van der Waals surface area contributed by atoms with Gasteiger partial charge in [-0.25, -0.2) is 9.97 Å². The van der Waals surface area contributed by atoms with E-state index in [1.54, 1.807) is 13.8 Å². The predicted molar refractivity (Wildman–Crippen MR) is 66.4 cm³/mol. The fourth-order valence-electron chi connectivity index (χ4n) is 1.46. The molecule has 0 unspecified atom stereocenters. The summed E-state index contributed by atoms with van der Waals surface area (Å²) < 4.78 is 0.